The summed E-state index contributed by atoms with van der Waals surface area (Å²) in [4.78, 5) is 4.80. The molecule has 0 radical (unpaired) electrons. The first kappa shape index (κ1) is 25.8. The molecule has 8 heteroatoms. The van der Waals surface area contributed by atoms with Crippen LogP contribution in [0.3, 0.4) is 0 Å². The van der Waals surface area contributed by atoms with Gasteiger partial charge in [-0.05, 0) is 42.7 Å². The fourth-order valence-electron chi connectivity index (χ4n) is 3.60. The first-order valence-corrected chi connectivity index (χ1v) is 10.9. The van der Waals surface area contributed by atoms with Gasteiger partial charge < -0.3 is 19.8 Å². The zero-order valence-electron chi connectivity index (χ0n) is 19.4. The van der Waals surface area contributed by atoms with Gasteiger partial charge in [-0.2, -0.15) is 5.10 Å². The maximum absolute atomic E-state index is 5.44. The van der Waals surface area contributed by atoms with Crippen molar-refractivity contribution in [2.45, 2.75) is 46.2 Å². The molecule has 7 nitrogen and oxygen atoms in total. The summed E-state index contributed by atoms with van der Waals surface area (Å²) in [6.45, 7) is 6.31. The summed E-state index contributed by atoms with van der Waals surface area (Å²) in [5, 5.41) is 11.6. The van der Waals surface area contributed by atoms with Crippen molar-refractivity contribution in [2.75, 3.05) is 13.7 Å². The number of nitrogens with one attached hydrogen (secondary N) is 2. The standard InChI is InChI=1S/C24H33N5O2.HI/c1-5-22-21(23(6-2)29(3)28-22)17-27-24(25-14-13-20-8-7-15-31-20)26-16-18-9-11-19(30-4)12-10-18;/h7-12,15H,5-6,13-14,16-17H2,1-4H3,(H2,25,26,27);1H. The van der Waals surface area contributed by atoms with Crippen LogP contribution in [-0.2, 0) is 39.4 Å². The first-order valence-electron chi connectivity index (χ1n) is 10.9. The Labute approximate surface area is 207 Å². The zero-order valence-corrected chi connectivity index (χ0v) is 21.7. The molecule has 0 fully saturated rings. The highest BCUT2D eigenvalue weighted by Crippen LogP contribution is 2.15. The van der Waals surface area contributed by atoms with Crippen molar-refractivity contribution in [1.82, 2.24) is 20.4 Å². The maximum atomic E-state index is 5.44. The number of nitrogens with zero attached hydrogens (tertiary/aromatic N) is 3. The first-order chi connectivity index (χ1) is 15.1. The van der Waals surface area contributed by atoms with Gasteiger partial charge >= 0.3 is 0 Å². The minimum absolute atomic E-state index is 0. The Morgan fingerprint density at radius 1 is 1.12 bits per heavy atom. The Hall–Kier alpha value is -2.49. The average molecular weight is 551 g/mol. The molecule has 32 heavy (non-hydrogen) atoms. The quantitative estimate of drug-likeness (QED) is 0.224. The summed E-state index contributed by atoms with van der Waals surface area (Å²) in [7, 11) is 3.69. The van der Waals surface area contributed by atoms with Crippen molar-refractivity contribution in [3.05, 3.63) is 70.9 Å². The average Bonchev–Trinajstić information content (AvgIpc) is 3.42. The van der Waals surface area contributed by atoms with Crippen LogP contribution >= 0.6 is 24.0 Å². The van der Waals surface area contributed by atoms with Gasteiger partial charge in [0.05, 0.1) is 25.6 Å². The van der Waals surface area contributed by atoms with Crippen LogP contribution in [0, 0.1) is 0 Å². The Morgan fingerprint density at radius 2 is 1.91 bits per heavy atom. The number of rotatable bonds is 10. The largest absolute Gasteiger partial charge is 0.497 e. The number of guanidine groups is 1. The molecular weight excluding hydrogens is 517 g/mol. The van der Waals surface area contributed by atoms with Crippen LogP contribution in [0.4, 0.5) is 0 Å². The minimum Gasteiger partial charge on any atom is -0.497 e. The number of aryl methyl sites for hydroxylation is 2. The summed E-state index contributed by atoms with van der Waals surface area (Å²) < 4.78 is 12.7. The molecule has 0 saturated heterocycles. The van der Waals surface area contributed by atoms with Crippen molar-refractivity contribution in [2.24, 2.45) is 12.0 Å². The summed E-state index contributed by atoms with van der Waals surface area (Å²) >= 11 is 0. The Morgan fingerprint density at radius 3 is 2.53 bits per heavy atom. The third-order valence-corrected chi connectivity index (χ3v) is 5.28. The Kier molecular flexibility index (Phi) is 10.6. The van der Waals surface area contributed by atoms with Gasteiger partial charge in [-0.1, -0.05) is 26.0 Å². The SMILES string of the molecule is CCc1nn(C)c(CC)c1CNC(=NCc1ccc(OC)cc1)NCCc1ccco1.I. The lowest BCUT2D eigenvalue weighted by Crippen LogP contribution is -2.38. The molecule has 2 heterocycles. The molecule has 1 aromatic carbocycles. The smallest absolute Gasteiger partial charge is 0.191 e. The Balaban J connectivity index is 0.00000363. The summed E-state index contributed by atoms with van der Waals surface area (Å²) in [6, 6.07) is 11.9. The summed E-state index contributed by atoms with van der Waals surface area (Å²) in [5.74, 6) is 2.57. The van der Waals surface area contributed by atoms with Crippen LogP contribution in [0.1, 0.15) is 42.1 Å². The lowest BCUT2D eigenvalue weighted by Gasteiger charge is -2.13. The molecule has 0 atom stereocenters. The normalized spacial score (nSPS) is 11.2. The van der Waals surface area contributed by atoms with Crippen molar-refractivity contribution in [1.29, 1.82) is 0 Å². The highest BCUT2D eigenvalue weighted by atomic mass is 127. The molecular formula is C24H34IN5O2. The molecule has 0 spiro atoms. The van der Waals surface area contributed by atoms with Crippen LogP contribution in [-0.4, -0.2) is 29.4 Å². The minimum atomic E-state index is 0. The van der Waals surface area contributed by atoms with E-state index in [1.54, 1.807) is 13.4 Å². The zero-order chi connectivity index (χ0) is 22.1. The van der Waals surface area contributed by atoms with Gasteiger partial charge in [0, 0.05) is 37.8 Å². The highest BCUT2D eigenvalue weighted by molar-refractivity contribution is 14.0. The van der Waals surface area contributed by atoms with E-state index in [1.807, 2.05) is 48.1 Å². The third-order valence-electron chi connectivity index (χ3n) is 5.28. The van der Waals surface area contributed by atoms with E-state index in [9.17, 15) is 0 Å². The van der Waals surface area contributed by atoms with Crippen LogP contribution in [0.2, 0.25) is 0 Å². The molecule has 0 aliphatic heterocycles. The summed E-state index contributed by atoms with van der Waals surface area (Å²) in [6.07, 6.45) is 4.36. The second-order valence-corrected chi connectivity index (χ2v) is 7.33. The molecule has 0 unspecified atom stereocenters. The number of hydrogen-bond acceptors (Lipinski definition) is 4. The number of aliphatic imine (C=N–C) groups is 1. The van der Waals surface area contributed by atoms with E-state index < -0.39 is 0 Å². The molecule has 3 rings (SSSR count). The van der Waals surface area contributed by atoms with Crippen molar-refractivity contribution in [3.63, 3.8) is 0 Å². The second kappa shape index (κ2) is 13.1. The van der Waals surface area contributed by atoms with E-state index in [-0.39, 0.29) is 24.0 Å². The number of ether oxygens (including phenoxy) is 1. The van der Waals surface area contributed by atoms with Crippen LogP contribution < -0.4 is 15.4 Å². The van der Waals surface area contributed by atoms with Gasteiger partial charge in [-0.15, -0.1) is 24.0 Å². The Bertz CT molecular complexity index is 965. The van der Waals surface area contributed by atoms with Crippen molar-refractivity contribution in [3.8, 4) is 5.75 Å². The van der Waals surface area contributed by atoms with E-state index in [4.69, 9.17) is 14.1 Å². The van der Waals surface area contributed by atoms with Crippen LogP contribution in [0.25, 0.3) is 0 Å². The van der Waals surface area contributed by atoms with Crippen LogP contribution in [0.5, 0.6) is 5.75 Å². The van der Waals surface area contributed by atoms with E-state index in [0.29, 0.717) is 13.1 Å². The van der Waals surface area contributed by atoms with Crippen LogP contribution in [0.15, 0.2) is 52.1 Å². The van der Waals surface area contributed by atoms with E-state index in [0.717, 1.165) is 54.5 Å². The molecule has 0 aliphatic carbocycles. The molecule has 0 aliphatic rings. The van der Waals surface area contributed by atoms with E-state index in [2.05, 4.69) is 29.6 Å². The van der Waals surface area contributed by atoms with Gasteiger partial charge in [0.25, 0.3) is 0 Å². The maximum Gasteiger partial charge on any atom is 0.191 e. The van der Waals surface area contributed by atoms with Crippen molar-refractivity contribution >= 4 is 29.9 Å². The van der Waals surface area contributed by atoms with Crippen molar-refractivity contribution < 1.29 is 9.15 Å². The molecule has 0 saturated carbocycles. The highest BCUT2D eigenvalue weighted by Gasteiger charge is 2.14. The molecule has 174 valence electrons. The predicted octanol–water partition coefficient (Wildman–Crippen LogP) is 4.24. The fourth-order valence-corrected chi connectivity index (χ4v) is 3.60. The number of hydrogen-bond donors (Lipinski definition) is 2. The topological polar surface area (TPSA) is 76.6 Å². The fraction of sp³-hybridized carbons (Fsp3) is 0.417. The van der Waals surface area contributed by atoms with E-state index >= 15 is 0 Å². The van der Waals surface area contributed by atoms with Gasteiger partial charge in [-0.3, -0.25) is 4.68 Å². The van der Waals surface area contributed by atoms with Gasteiger partial charge in [-0.25, -0.2) is 4.99 Å². The van der Waals surface area contributed by atoms with Gasteiger partial charge in [0.1, 0.15) is 11.5 Å². The molecule has 0 amide bonds. The third kappa shape index (κ3) is 7.01. The monoisotopic (exact) mass is 551 g/mol. The van der Waals surface area contributed by atoms with Gasteiger partial charge in [0.2, 0.25) is 0 Å². The number of furan rings is 1. The second-order valence-electron chi connectivity index (χ2n) is 7.33. The predicted molar refractivity (Wildman–Crippen MR) is 139 cm³/mol. The van der Waals surface area contributed by atoms with E-state index in [1.165, 1.54) is 11.3 Å². The molecule has 2 N–H and O–H groups in total. The lowest BCUT2D eigenvalue weighted by molar-refractivity contribution is 0.414. The number of benzene rings is 1. The number of halogens is 1. The molecule has 0 bridgehead atoms. The molecule has 3 aromatic rings. The number of methoxy groups -OCH3 is 1. The number of aromatic nitrogens is 2. The lowest BCUT2D eigenvalue weighted by atomic mass is 10.1. The van der Waals surface area contributed by atoms with Gasteiger partial charge in [0.15, 0.2) is 5.96 Å². The summed E-state index contributed by atoms with van der Waals surface area (Å²) in [5.41, 5.74) is 4.78. The molecule has 2 aromatic heterocycles.